The number of fused-ring (bicyclic) bond motifs is 1. The van der Waals surface area contributed by atoms with Gasteiger partial charge in [0.1, 0.15) is 6.17 Å². The van der Waals surface area contributed by atoms with Crippen molar-refractivity contribution in [3.05, 3.63) is 71.0 Å². The molecule has 0 saturated carbocycles. The Balaban J connectivity index is 1.81. The molecule has 1 aliphatic heterocycles. The van der Waals surface area contributed by atoms with Gasteiger partial charge in [-0.3, -0.25) is 0 Å². The third-order valence-electron chi connectivity index (χ3n) is 5.28. The summed E-state index contributed by atoms with van der Waals surface area (Å²) in [6, 6.07) is 15.7. The zero-order chi connectivity index (χ0) is 19.4. The molecule has 0 spiro atoms. The molecule has 2 unspecified atom stereocenters. The summed E-state index contributed by atoms with van der Waals surface area (Å²) in [4.78, 5) is 2.52. The van der Waals surface area contributed by atoms with E-state index in [-0.39, 0.29) is 6.17 Å². The van der Waals surface area contributed by atoms with Crippen molar-refractivity contribution in [2.75, 3.05) is 23.4 Å². The number of hydrogen-bond donors (Lipinski definition) is 2. The summed E-state index contributed by atoms with van der Waals surface area (Å²) in [6.07, 6.45) is 4.53. The van der Waals surface area contributed by atoms with Crippen LogP contribution < -0.4 is 15.7 Å². The van der Waals surface area contributed by atoms with Crippen molar-refractivity contribution in [1.29, 1.82) is 0 Å². The van der Waals surface area contributed by atoms with Gasteiger partial charge in [-0.25, -0.2) is 0 Å². The molecule has 3 nitrogen and oxygen atoms in total. The lowest BCUT2D eigenvalue weighted by Gasteiger charge is -2.28. The van der Waals surface area contributed by atoms with Gasteiger partial charge in [0.2, 0.25) is 0 Å². The fraction of sp³-hybridized carbons (Fsp3) is 0.391. The van der Waals surface area contributed by atoms with Crippen molar-refractivity contribution in [2.45, 2.75) is 45.7 Å². The standard InChI is InChI=1S/C23H32N3P/c1-5-6-13-26-22-16-20(15-19-9-7-17(2)8-10-19)11-12-21(22)25-23(26)14-18(3)27(4)24/h7-12,16,23,25H,3,5-6,13-15,24H2,1-2,4H3. The number of nitrogens with zero attached hydrogens (tertiary/aromatic N) is 1. The number of nitrogens with one attached hydrogen (secondary N) is 1. The Kier molecular flexibility index (Phi) is 6.57. The Bertz CT molecular complexity index is 783. The summed E-state index contributed by atoms with van der Waals surface area (Å²) in [5.74, 6) is 0. The predicted molar refractivity (Wildman–Crippen MR) is 121 cm³/mol. The van der Waals surface area contributed by atoms with Gasteiger partial charge in [-0.15, -0.1) is 0 Å². The molecule has 0 amide bonds. The highest BCUT2D eigenvalue weighted by Gasteiger charge is 2.29. The van der Waals surface area contributed by atoms with E-state index in [0.717, 1.165) is 24.7 Å². The molecule has 0 radical (unpaired) electrons. The molecular formula is C23H32N3P. The lowest BCUT2D eigenvalue weighted by Crippen LogP contribution is -2.36. The largest absolute Gasteiger partial charge is 0.363 e. The van der Waals surface area contributed by atoms with Crippen LogP contribution in [0.4, 0.5) is 11.4 Å². The zero-order valence-corrected chi connectivity index (χ0v) is 17.7. The van der Waals surface area contributed by atoms with Gasteiger partial charge in [-0.2, -0.15) is 0 Å². The van der Waals surface area contributed by atoms with Gasteiger partial charge >= 0.3 is 0 Å². The van der Waals surface area contributed by atoms with Crippen LogP contribution in [0.3, 0.4) is 0 Å². The molecule has 0 bridgehead atoms. The SMILES string of the molecule is C=C(CC1Nc2ccc(Cc3ccc(C)cc3)cc2N1CCCC)P(C)N. The molecule has 0 saturated heterocycles. The van der Waals surface area contributed by atoms with Gasteiger partial charge in [0.05, 0.1) is 11.4 Å². The first-order chi connectivity index (χ1) is 13.0. The maximum Gasteiger partial charge on any atom is 0.103 e. The predicted octanol–water partition coefficient (Wildman–Crippen LogP) is 5.83. The molecule has 3 rings (SSSR count). The monoisotopic (exact) mass is 381 g/mol. The second-order valence-electron chi connectivity index (χ2n) is 7.60. The second kappa shape index (κ2) is 8.91. The van der Waals surface area contributed by atoms with E-state index in [2.05, 4.69) is 79.8 Å². The van der Waals surface area contributed by atoms with Gasteiger partial charge < -0.3 is 15.7 Å². The first kappa shape index (κ1) is 19.9. The minimum absolute atomic E-state index is 0.266. The zero-order valence-electron chi connectivity index (χ0n) is 16.8. The van der Waals surface area contributed by atoms with Crippen LogP contribution in [0.25, 0.3) is 0 Å². The van der Waals surface area contributed by atoms with Gasteiger partial charge in [0, 0.05) is 13.0 Å². The Morgan fingerprint density at radius 2 is 1.89 bits per heavy atom. The van der Waals surface area contributed by atoms with E-state index in [0.29, 0.717) is 0 Å². The van der Waals surface area contributed by atoms with Crippen LogP contribution in [0, 0.1) is 6.92 Å². The van der Waals surface area contributed by atoms with Crippen molar-refractivity contribution >= 4 is 19.4 Å². The summed E-state index contributed by atoms with van der Waals surface area (Å²) in [7, 11) is -0.589. The Morgan fingerprint density at radius 3 is 2.56 bits per heavy atom. The van der Waals surface area contributed by atoms with E-state index >= 15 is 0 Å². The Hall–Kier alpha value is -1.83. The van der Waals surface area contributed by atoms with E-state index in [9.17, 15) is 0 Å². The molecule has 1 heterocycles. The van der Waals surface area contributed by atoms with Crippen LogP contribution in [0.15, 0.2) is 54.4 Å². The third kappa shape index (κ3) is 4.91. The molecule has 2 aromatic carbocycles. The number of hydrogen-bond acceptors (Lipinski definition) is 3. The van der Waals surface area contributed by atoms with Crippen LogP contribution in [0.1, 0.15) is 42.9 Å². The number of rotatable bonds is 8. The molecule has 4 heteroatoms. The smallest absolute Gasteiger partial charge is 0.103 e. The maximum absolute atomic E-state index is 6.10. The van der Waals surface area contributed by atoms with E-state index in [1.807, 2.05) is 0 Å². The van der Waals surface area contributed by atoms with E-state index in [1.54, 1.807) is 0 Å². The molecule has 27 heavy (non-hydrogen) atoms. The third-order valence-corrected chi connectivity index (χ3v) is 6.46. The number of aryl methyl sites for hydroxylation is 1. The van der Waals surface area contributed by atoms with Crippen LogP contribution in [0.5, 0.6) is 0 Å². The average Bonchev–Trinajstić information content (AvgIpc) is 2.98. The van der Waals surface area contributed by atoms with Gasteiger partial charge in [-0.05, 0) is 63.1 Å². The number of anilines is 2. The van der Waals surface area contributed by atoms with Crippen LogP contribution in [-0.2, 0) is 6.42 Å². The minimum atomic E-state index is -0.589. The number of benzene rings is 2. The quantitative estimate of drug-likeness (QED) is 0.565. The molecule has 0 aliphatic carbocycles. The first-order valence-corrected chi connectivity index (χ1v) is 11.7. The van der Waals surface area contributed by atoms with Gasteiger partial charge in [0.25, 0.3) is 0 Å². The highest BCUT2D eigenvalue weighted by molar-refractivity contribution is 7.58. The summed E-state index contributed by atoms with van der Waals surface area (Å²) in [5, 5.41) is 4.86. The van der Waals surface area contributed by atoms with Crippen molar-refractivity contribution < 1.29 is 0 Å². The van der Waals surface area contributed by atoms with Crippen molar-refractivity contribution in [3.63, 3.8) is 0 Å². The molecule has 2 atom stereocenters. The van der Waals surface area contributed by atoms with Gasteiger partial charge in [0.15, 0.2) is 0 Å². The Morgan fingerprint density at radius 1 is 1.19 bits per heavy atom. The van der Waals surface area contributed by atoms with Crippen molar-refractivity contribution in [3.8, 4) is 0 Å². The van der Waals surface area contributed by atoms with E-state index in [1.165, 1.54) is 40.9 Å². The molecule has 3 N–H and O–H groups in total. The van der Waals surface area contributed by atoms with E-state index < -0.39 is 8.07 Å². The second-order valence-corrected chi connectivity index (χ2v) is 9.46. The van der Waals surface area contributed by atoms with Crippen LogP contribution in [0.2, 0.25) is 0 Å². The normalized spacial score (nSPS) is 16.7. The average molecular weight is 382 g/mol. The molecular weight excluding hydrogens is 349 g/mol. The summed E-state index contributed by atoms with van der Waals surface area (Å²) in [5.41, 5.74) is 12.7. The summed E-state index contributed by atoms with van der Waals surface area (Å²) < 4.78 is 0. The fourth-order valence-corrected chi connectivity index (χ4v) is 4.01. The lowest BCUT2D eigenvalue weighted by molar-refractivity contribution is 0.643. The highest BCUT2D eigenvalue weighted by atomic mass is 31.1. The molecule has 0 fully saturated rings. The molecule has 1 aliphatic rings. The molecule has 144 valence electrons. The number of nitrogens with two attached hydrogens (primary N) is 1. The van der Waals surface area contributed by atoms with Crippen LogP contribution in [-0.4, -0.2) is 19.4 Å². The molecule has 2 aromatic rings. The van der Waals surface area contributed by atoms with E-state index in [4.69, 9.17) is 5.50 Å². The van der Waals surface area contributed by atoms with Gasteiger partial charge in [-0.1, -0.05) is 55.8 Å². The summed E-state index contributed by atoms with van der Waals surface area (Å²) in [6.45, 7) is 11.7. The van der Waals surface area contributed by atoms with Crippen molar-refractivity contribution in [1.82, 2.24) is 0 Å². The maximum atomic E-state index is 6.10. The van der Waals surface area contributed by atoms with Crippen molar-refractivity contribution in [2.24, 2.45) is 5.50 Å². The first-order valence-electron chi connectivity index (χ1n) is 9.85. The fourth-order valence-electron chi connectivity index (χ4n) is 3.55. The summed E-state index contributed by atoms with van der Waals surface area (Å²) >= 11 is 0. The highest BCUT2D eigenvalue weighted by Crippen LogP contribution is 2.41. The number of unbranched alkanes of at least 4 members (excludes halogenated alkanes) is 1. The lowest BCUT2D eigenvalue weighted by atomic mass is 10.0. The van der Waals surface area contributed by atoms with Crippen LogP contribution >= 0.6 is 8.07 Å². The topological polar surface area (TPSA) is 41.3 Å². The molecule has 0 aromatic heterocycles. The minimum Gasteiger partial charge on any atom is -0.363 e. The Labute approximate surface area is 165 Å².